The maximum atomic E-state index is 12.3. The number of aromatic amines is 1. The molecule has 2 amide bonds. The number of thiophene rings is 1. The minimum absolute atomic E-state index is 0.119. The van der Waals surface area contributed by atoms with Crippen LogP contribution in [0.15, 0.2) is 17.5 Å². The molecule has 2 aromatic heterocycles. The molecule has 0 aromatic carbocycles. The largest absolute Gasteiger partial charge is 0.444 e. The van der Waals surface area contributed by atoms with E-state index in [9.17, 15) is 9.59 Å². The number of amides is 2. The quantitative estimate of drug-likeness (QED) is 0.879. The van der Waals surface area contributed by atoms with Crippen LogP contribution in [0.4, 0.5) is 10.6 Å². The zero-order chi connectivity index (χ0) is 18.0. The molecule has 0 saturated carbocycles. The van der Waals surface area contributed by atoms with E-state index in [1.807, 2.05) is 38.3 Å². The zero-order valence-electron chi connectivity index (χ0n) is 14.6. The lowest BCUT2D eigenvalue weighted by molar-refractivity contribution is -0.115. The molecule has 0 bridgehead atoms. The monoisotopic (exact) mass is 362 g/mol. The molecule has 25 heavy (non-hydrogen) atoms. The van der Waals surface area contributed by atoms with Gasteiger partial charge in [0.1, 0.15) is 5.60 Å². The van der Waals surface area contributed by atoms with Crippen LogP contribution in [0.3, 0.4) is 0 Å². The number of carbonyl (C=O) groups excluding carboxylic acids is 2. The van der Waals surface area contributed by atoms with E-state index in [0.29, 0.717) is 31.7 Å². The molecule has 0 saturated heterocycles. The Morgan fingerprint density at radius 1 is 1.44 bits per heavy atom. The van der Waals surface area contributed by atoms with Crippen molar-refractivity contribution in [3.8, 4) is 0 Å². The molecule has 3 heterocycles. The number of ether oxygens (including phenoxy) is 1. The molecule has 2 N–H and O–H groups in total. The van der Waals surface area contributed by atoms with Crippen LogP contribution in [0.1, 0.15) is 36.9 Å². The number of carbonyl (C=O) groups is 2. The van der Waals surface area contributed by atoms with Crippen molar-refractivity contribution in [1.82, 2.24) is 15.1 Å². The smallest absolute Gasteiger partial charge is 0.410 e. The third-order valence-corrected chi connectivity index (χ3v) is 4.63. The van der Waals surface area contributed by atoms with Crippen LogP contribution in [0.25, 0.3) is 0 Å². The second-order valence-electron chi connectivity index (χ2n) is 6.99. The van der Waals surface area contributed by atoms with Gasteiger partial charge in [-0.1, -0.05) is 6.07 Å². The Morgan fingerprint density at radius 3 is 2.92 bits per heavy atom. The highest BCUT2D eigenvalue weighted by molar-refractivity contribution is 7.10. The molecule has 0 spiro atoms. The zero-order valence-corrected chi connectivity index (χ0v) is 15.4. The van der Waals surface area contributed by atoms with Gasteiger partial charge in [-0.2, -0.15) is 5.10 Å². The normalized spacial score (nSPS) is 14.1. The number of fused-ring (bicyclic) bond motifs is 1. The summed E-state index contributed by atoms with van der Waals surface area (Å²) < 4.78 is 5.43. The summed E-state index contributed by atoms with van der Waals surface area (Å²) in [7, 11) is 0. The van der Waals surface area contributed by atoms with Crippen molar-refractivity contribution in [3.63, 3.8) is 0 Å². The van der Waals surface area contributed by atoms with E-state index >= 15 is 0 Å². The third-order valence-electron chi connectivity index (χ3n) is 3.76. The number of H-pyrrole nitrogens is 1. The lowest BCUT2D eigenvalue weighted by atomic mass is 10.1. The first-order chi connectivity index (χ1) is 11.8. The van der Waals surface area contributed by atoms with Gasteiger partial charge in [0.05, 0.1) is 13.0 Å². The number of hydrogen-bond donors (Lipinski definition) is 2. The van der Waals surface area contributed by atoms with E-state index in [1.54, 1.807) is 16.2 Å². The summed E-state index contributed by atoms with van der Waals surface area (Å²) in [5, 5.41) is 11.9. The summed E-state index contributed by atoms with van der Waals surface area (Å²) in [5.41, 5.74) is 1.26. The van der Waals surface area contributed by atoms with Crippen molar-refractivity contribution in [2.75, 3.05) is 11.9 Å². The number of aromatic nitrogens is 2. The Kier molecular flexibility index (Phi) is 4.80. The Hall–Kier alpha value is -2.35. The van der Waals surface area contributed by atoms with Gasteiger partial charge in [0.25, 0.3) is 0 Å². The highest BCUT2D eigenvalue weighted by atomic mass is 32.1. The van der Waals surface area contributed by atoms with Crippen LogP contribution in [0.2, 0.25) is 0 Å². The van der Waals surface area contributed by atoms with E-state index in [2.05, 4.69) is 15.5 Å². The number of nitrogens with zero attached hydrogens (tertiary/aromatic N) is 2. The van der Waals surface area contributed by atoms with Crippen LogP contribution in [0, 0.1) is 0 Å². The minimum atomic E-state index is -0.536. The second kappa shape index (κ2) is 6.87. The second-order valence-corrected chi connectivity index (χ2v) is 8.02. The average molecular weight is 362 g/mol. The summed E-state index contributed by atoms with van der Waals surface area (Å²) in [6, 6.07) is 3.84. The molecule has 1 aliphatic rings. The van der Waals surface area contributed by atoms with Gasteiger partial charge in [-0.05, 0) is 32.2 Å². The van der Waals surface area contributed by atoms with E-state index in [1.165, 1.54) is 0 Å². The van der Waals surface area contributed by atoms with E-state index in [4.69, 9.17) is 4.74 Å². The van der Waals surface area contributed by atoms with Crippen LogP contribution in [0.5, 0.6) is 0 Å². The maximum absolute atomic E-state index is 12.3. The standard InChI is InChI=1S/C17H22N4O3S/c1-17(2,3)24-16(23)21-7-6-13-12(10-21)15(20-19-13)18-14(22)9-11-5-4-8-25-11/h4-5,8H,6-7,9-10H2,1-3H3,(H2,18,19,20,22). The highest BCUT2D eigenvalue weighted by Gasteiger charge is 2.29. The first-order valence-electron chi connectivity index (χ1n) is 8.18. The Labute approximate surface area is 150 Å². The fourth-order valence-electron chi connectivity index (χ4n) is 2.63. The number of nitrogens with one attached hydrogen (secondary N) is 2. The highest BCUT2D eigenvalue weighted by Crippen LogP contribution is 2.25. The van der Waals surface area contributed by atoms with Gasteiger partial charge >= 0.3 is 6.09 Å². The molecule has 0 fully saturated rings. The molecule has 0 radical (unpaired) electrons. The van der Waals surface area contributed by atoms with Gasteiger partial charge in [0.15, 0.2) is 5.82 Å². The minimum Gasteiger partial charge on any atom is -0.444 e. The molecule has 0 unspecified atom stereocenters. The lowest BCUT2D eigenvalue weighted by Crippen LogP contribution is -2.40. The molecule has 0 atom stereocenters. The molecule has 2 aromatic rings. The third kappa shape index (κ3) is 4.39. The van der Waals surface area contributed by atoms with Crippen LogP contribution in [-0.2, 0) is 28.9 Å². The van der Waals surface area contributed by atoms with Crippen molar-refractivity contribution in [1.29, 1.82) is 0 Å². The molecule has 0 aliphatic carbocycles. The summed E-state index contributed by atoms with van der Waals surface area (Å²) in [6.07, 6.45) is 0.618. The number of hydrogen-bond acceptors (Lipinski definition) is 5. The summed E-state index contributed by atoms with van der Waals surface area (Å²) in [6.45, 7) is 6.46. The molecule has 1 aliphatic heterocycles. The van der Waals surface area contributed by atoms with E-state index < -0.39 is 5.60 Å². The Bertz CT molecular complexity index is 761. The first-order valence-corrected chi connectivity index (χ1v) is 9.06. The summed E-state index contributed by atoms with van der Waals surface area (Å²) in [5.74, 6) is 0.371. The van der Waals surface area contributed by atoms with Gasteiger partial charge in [0, 0.05) is 29.1 Å². The fraction of sp³-hybridized carbons (Fsp3) is 0.471. The number of anilines is 1. The van der Waals surface area contributed by atoms with Crippen molar-refractivity contribution in [2.45, 2.75) is 45.8 Å². The van der Waals surface area contributed by atoms with Crippen LogP contribution >= 0.6 is 11.3 Å². The van der Waals surface area contributed by atoms with Crippen molar-refractivity contribution in [2.24, 2.45) is 0 Å². The van der Waals surface area contributed by atoms with Gasteiger partial charge in [-0.15, -0.1) is 11.3 Å². The van der Waals surface area contributed by atoms with Crippen LogP contribution in [-0.4, -0.2) is 39.2 Å². The lowest BCUT2D eigenvalue weighted by Gasteiger charge is -2.30. The number of rotatable bonds is 3. The van der Waals surface area contributed by atoms with Gasteiger partial charge in [-0.3, -0.25) is 9.89 Å². The molecule has 8 heteroatoms. The Morgan fingerprint density at radius 2 is 2.24 bits per heavy atom. The predicted molar refractivity (Wildman–Crippen MR) is 95.6 cm³/mol. The molecule has 7 nitrogen and oxygen atoms in total. The van der Waals surface area contributed by atoms with Gasteiger partial charge in [0.2, 0.25) is 5.91 Å². The van der Waals surface area contributed by atoms with Crippen molar-refractivity contribution < 1.29 is 14.3 Å². The maximum Gasteiger partial charge on any atom is 0.410 e. The molecular weight excluding hydrogens is 340 g/mol. The van der Waals surface area contributed by atoms with Crippen LogP contribution < -0.4 is 5.32 Å². The van der Waals surface area contributed by atoms with Crippen molar-refractivity contribution in [3.05, 3.63) is 33.6 Å². The molecule has 134 valence electrons. The Balaban J connectivity index is 1.66. The van der Waals surface area contributed by atoms with Gasteiger partial charge < -0.3 is 15.0 Å². The topological polar surface area (TPSA) is 87.3 Å². The fourth-order valence-corrected chi connectivity index (χ4v) is 3.33. The molecule has 3 rings (SSSR count). The molecular formula is C17H22N4O3S. The van der Waals surface area contributed by atoms with E-state index in [0.717, 1.165) is 16.1 Å². The van der Waals surface area contributed by atoms with E-state index in [-0.39, 0.29) is 12.0 Å². The van der Waals surface area contributed by atoms with Crippen molar-refractivity contribution >= 4 is 29.2 Å². The summed E-state index contributed by atoms with van der Waals surface area (Å²) in [4.78, 5) is 27.1. The average Bonchev–Trinajstić information content (AvgIpc) is 3.15. The summed E-state index contributed by atoms with van der Waals surface area (Å²) >= 11 is 1.54. The predicted octanol–water partition coefficient (Wildman–Crippen LogP) is 2.95. The first kappa shape index (κ1) is 17.5. The SMILES string of the molecule is CC(C)(C)OC(=O)N1CCc2[nH]nc(NC(=O)Cc3cccs3)c2C1. The van der Waals surface area contributed by atoms with Gasteiger partial charge in [-0.25, -0.2) is 4.79 Å².